The number of fused-ring (bicyclic) bond motifs is 6. The summed E-state index contributed by atoms with van der Waals surface area (Å²) in [5.41, 5.74) is -0.548. The molecule has 116 valence electrons. The van der Waals surface area contributed by atoms with Crippen molar-refractivity contribution in [1.82, 2.24) is 0 Å². The van der Waals surface area contributed by atoms with E-state index in [1.807, 2.05) is 0 Å². The molecule has 5 rings (SSSR count). The molecule has 1 spiro atoms. The number of carbonyl (C=O) groups excluding carboxylic acids is 1. The summed E-state index contributed by atoms with van der Waals surface area (Å²) in [6.07, 6.45) is 9.42. The van der Waals surface area contributed by atoms with Crippen LogP contribution < -0.4 is 0 Å². The lowest BCUT2D eigenvalue weighted by Crippen LogP contribution is -2.61. The van der Waals surface area contributed by atoms with Crippen LogP contribution in [0.3, 0.4) is 0 Å². The Morgan fingerprint density at radius 3 is 2.43 bits per heavy atom. The zero-order valence-electron chi connectivity index (χ0n) is 12.5. The van der Waals surface area contributed by atoms with E-state index in [1.54, 1.807) is 0 Å². The molecule has 2 aliphatic heterocycles. The largest absolute Gasteiger partial charge is 0.366 e. The van der Waals surface area contributed by atoms with Crippen molar-refractivity contribution in [3.8, 4) is 0 Å². The lowest BCUT2D eigenvalue weighted by Gasteiger charge is -2.50. The maximum absolute atomic E-state index is 12.6. The van der Waals surface area contributed by atoms with Crippen molar-refractivity contribution >= 4 is 5.78 Å². The Labute approximate surface area is 125 Å². The van der Waals surface area contributed by atoms with Crippen LogP contribution in [0.15, 0.2) is 0 Å². The first-order chi connectivity index (χ1) is 10.3. The highest BCUT2D eigenvalue weighted by atomic mass is 16.7. The van der Waals surface area contributed by atoms with Gasteiger partial charge in [-0.3, -0.25) is 4.79 Å². The molecule has 4 nitrogen and oxygen atoms in total. The van der Waals surface area contributed by atoms with Crippen molar-refractivity contribution in [2.45, 2.75) is 88.0 Å². The third-order valence-corrected chi connectivity index (χ3v) is 6.59. The van der Waals surface area contributed by atoms with Gasteiger partial charge in [-0.15, -0.1) is 0 Å². The first-order valence-corrected chi connectivity index (χ1v) is 8.77. The molecule has 2 bridgehead atoms. The molecule has 5 fully saturated rings. The first-order valence-electron chi connectivity index (χ1n) is 8.77. The number of rotatable bonds is 0. The summed E-state index contributed by atoms with van der Waals surface area (Å²) in [7, 11) is 0. The third kappa shape index (κ3) is 1.82. The summed E-state index contributed by atoms with van der Waals surface area (Å²) >= 11 is 0. The average Bonchev–Trinajstić information content (AvgIpc) is 3.09. The lowest BCUT2D eigenvalue weighted by molar-refractivity contribution is -0.342. The smallest absolute Gasteiger partial charge is 0.185 e. The predicted octanol–water partition coefficient (Wildman–Crippen LogP) is 2.59. The normalized spacial score (nSPS) is 51.0. The van der Waals surface area contributed by atoms with E-state index >= 15 is 0 Å². The van der Waals surface area contributed by atoms with E-state index in [9.17, 15) is 4.79 Å². The summed E-state index contributed by atoms with van der Waals surface area (Å²) in [6.45, 7) is 0. The average molecular weight is 292 g/mol. The predicted molar refractivity (Wildman–Crippen MR) is 74.7 cm³/mol. The van der Waals surface area contributed by atoms with Crippen molar-refractivity contribution in [1.29, 1.82) is 0 Å². The monoisotopic (exact) mass is 292 g/mol. The minimum atomic E-state index is -0.548. The van der Waals surface area contributed by atoms with Crippen molar-refractivity contribution in [3.05, 3.63) is 0 Å². The lowest BCUT2D eigenvalue weighted by atomic mass is 9.78. The van der Waals surface area contributed by atoms with Gasteiger partial charge in [0, 0.05) is 6.42 Å². The molecule has 5 aliphatic rings. The van der Waals surface area contributed by atoms with Gasteiger partial charge in [-0.1, -0.05) is 19.3 Å². The Balaban J connectivity index is 1.38. The third-order valence-electron chi connectivity index (χ3n) is 6.59. The molecule has 0 aromatic heterocycles. The minimum absolute atomic E-state index is 0.161. The Kier molecular flexibility index (Phi) is 2.81. The van der Waals surface area contributed by atoms with Crippen LogP contribution in [0.25, 0.3) is 0 Å². The Morgan fingerprint density at radius 1 is 0.952 bits per heavy atom. The van der Waals surface area contributed by atoms with Gasteiger partial charge < -0.3 is 14.2 Å². The Morgan fingerprint density at radius 2 is 1.67 bits per heavy atom. The molecule has 0 radical (unpaired) electrons. The number of ether oxygens (including phenoxy) is 3. The van der Waals surface area contributed by atoms with Crippen molar-refractivity contribution in [2.24, 2.45) is 11.8 Å². The number of carbonyl (C=O) groups is 1. The van der Waals surface area contributed by atoms with E-state index in [0.29, 0.717) is 18.3 Å². The van der Waals surface area contributed by atoms with E-state index in [-0.39, 0.29) is 30.4 Å². The van der Waals surface area contributed by atoms with Crippen LogP contribution in [-0.2, 0) is 19.0 Å². The molecule has 0 unspecified atom stereocenters. The van der Waals surface area contributed by atoms with Gasteiger partial charge in [0.2, 0.25) is 0 Å². The van der Waals surface area contributed by atoms with Crippen molar-refractivity contribution in [3.63, 3.8) is 0 Å². The van der Waals surface area contributed by atoms with Gasteiger partial charge in [0.25, 0.3) is 0 Å². The standard InChI is InChI=1S/C17H24O4/c18-13-9-12-16(21-17(13)6-2-1-3-7-17)20-15-11-5-4-10(8-11)14(15)19-12/h10-12,14-16H,1-9H2/t10-,11+,12-,14+,15-,16+/m0/s1. The fourth-order valence-corrected chi connectivity index (χ4v) is 5.50. The summed E-state index contributed by atoms with van der Waals surface area (Å²) in [6, 6.07) is 0. The Hall–Kier alpha value is -0.450. The molecule has 0 amide bonds. The fraction of sp³-hybridized carbons (Fsp3) is 0.941. The molecule has 4 heteroatoms. The second-order valence-electron chi connectivity index (χ2n) is 7.74. The SMILES string of the molecule is O=C1C[C@@H]2O[C@@H]3[C@H]4CC[C@H](C4)[C@@H]3O[C@@H]2OC12CCCCC2. The second kappa shape index (κ2) is 4.53. The topological polar surface area (TPSA) is 44.8 Å². The highest BCUT2D eigenvalue weighted by Crippen LogP contribution is 2.52. The summed E-state index contributed by atoms with van der Waals surface area (Å²) in [5.74, 6) is 1.57. The van der Waals surface area contributed by atoms with Gasteiger partial charge in [0.15, 0.2) is 12.1 Å². The molecule has 0 aromatic carbocycles. The quantitative estimate of drug-likeness (QED) is 0.688. The van der Waals surface area contributed by atoms with Crippen molar-refractivity contribution < 1.29 is 19.0 Å². The number of hydrogen-bond acceptors (Lipinski definition) is 4. The van der Waals surface area contributed by atoms with Crippen LogP contribution in [0.4, 0.5) is 0 Å². The molecular formula is C17H24O4. The zero-order valence-corrected chi connectivity index (χ0v) is 12.5. The van der Waals surface area contributed by atoms with Crippen LogP contribution in [-0.4, -0.2) is 36.0 Å². The molecular weight excluding hydrogens is 268 g/mol. The molecule has 3 aliphatic carbocycles. The van der Waals surface area contributed by atoms with Crippen LogP contribution in [0.5, 0.6) is 0 Å². The molecule has 0 N–H and O–H groups in total. The summed E-state index contributed by atoms with van der Waals surface area (Å²) in [4.78, 5) is 12.6. The number of ketones is 1. The summed E-state index contributed by atoms with van der Waals surface area (Å²) in [5, 5.41) is 0. The Bertz CT molecular complexity index is 456. The fourth-order valence-electron chi connectivity index (χ4n) is 5.50. The van der Waals surface area contributed by atoms with Gasteiger partial charge in [0.05, 0.1) is 12.2 Å². The van der Waals surface area contributed by atoms with Gasteiger partial charge in [-0.25, -0.2) is 0 Å². The van der Waals surface area contributed by atoms with Gasteiger partial charge >= 0.3 is 0 Å². The van der Waals surface area contributed by atoms with E-state index < -0.39 is 5.60 Å². The van der Waals surface area contributed by atoms with Crippen LogP contribution in [0.2, 0.25) is 0 Å². The number of Topliss-reactive ketones (excluding diaryl/α,β-unsaturated/α-hetero) is 1. The van der Waals surface area contributed by atoms with E-state index in [2.05, 4.69) is 0 Å². The van der Waals surface area contributed by atoms with E-state index in [0.717, 1.165) is 25.7 Å². The minimum Gasteiger partial charge on any atom is -0.366 e. The van der Waals surface area contributed by atoms with Gasteiger partial charge in [-0.2, -0.15) is 0 Å². The zero-order chi connectivity index (χ0) is 14.0. The second-order valence-corrected chi connectivity index (χ2v) is 7.74. The van der Waals surface area contributed by atoms with Crippen LogP contribution in [0.1, 0.15) is 57.8 Å². The van der Waals surface area contributed by atoms with E-state index in [1.165, 1.54) is 25.7 Å². The molecule has 3 saturated carbocycles. The van der Waals surface area contributed by atoms with Crippen LogP contribution in [0, 0.1) is 11.8 Å². The maximum Gasteiger partial charge on any atom is 0.185 e. The van der Waals surface area contributed by atoms with Crippen LogP contribution >= 0.6 is 0 Å². The number of hydrogen-bond donors (Lipinski definition) is 0. The highest BCUT2D eigenvalue weighted by Gasteiger charge is 2.58. The first kappa shape index (κ1) is 13.0. The molecule has 2 heterocycles. The molecule has 21 heavy (non-hydrogen) atoms. The van der Waals surface area contributed by atoms with E-state index in [4.69, 9.17) is 14.2 Å². The highest BCUT2D eigenvalue weighted by molar-refractivity contribution is 5.88. The van der Waals surface area contributed by atoms with Crippen molar-refractivity contribution in [2.75, 3.05) is 0 Å². The van der Waals surface area contributed by atoms with Gasteiger partial charge in [-0.05, 0) is 43.9 Å². The molecule has 0 aromatic rings. The molecule has 2 saturated heterocycles. The molecule has 6 atom stereocenters. The summed E-state index contributed by atoms with van der Waals surface area (Å²) < 4.78 is 18.9. The maximum atomic E-state index is 12.6. The van der Waals surface area contributed by atoms with Gasteiger partial charge in [0.1, 0.15) is 11.7 Å².